The normalized spacial score (nSPS) is 10.2. The molecule has 0 atom stereocenters. The predicted molar refractivity (Wildman–Crippen MR) is 115 cm³/mol. The number of carbonyl (C=O) groups excluding carboxylic acids is 2. The van der Waals surface area contributed by atoms with Crippen LogP contribution in [0.25, 0.3) is 0 Å². The molecule has 1 aromatic heterocycles. The number of para-hydroxylation sites is 1. The number of benzene rings is 2. The lowest BCUT2D eigenvalue weighted by Crippen LogP contribution is -2.19. The fraction of sp³-hybridized carbons (Fsp3) is 0.136. The lowest BCUT2D eigenvalue weighted by atomic mass is 10.2. The first-order valence-electron chi connectivity index (χ1n) is 9.27. The quantitative estimate of drug-likeness (QED) is 0.491. The molecule has 8 heteroatoms. The highest BCUT2D eigenvalue weighted by Crippen LogP contribution is 2.21. The van der Waals surface area contributed by atoms with E-state index in [-0.39, 0.29) is 11.9 Å². The first-order valence-corrected chi connectivity index (χ1v) is 9.27. The van der Waals surface area contributed by atoms with Crippen LogP contribution < -0.4 is 20.7 Å². The molecule has 0 aliphatic rings. The van der Waals surface area contributed by atoms with Crippen LogP contribution in [0, 0.1) is 0 Å². The fourth-order valence-electron chi connectivity index (χ4n) is 2.54. The van der Waals surface area contributed by atoms with Gasteiger partial charge in [-0.25, -0.2) is 9.78 Å². The summed E-state index contributed by atoms with van der Waals surface area (Å²) < 4.78 is 10.5. The molecular weight excluding hydrogens is 384 g/mol. The molecule has 3 aromatic rings. The number of nitrogens with one attached hydrogen (secondary N) is 3. The summed E-state index contributed by atoms with van der Waals surface area (Å²) in [5.41, 5.74) is 2.13. The van der Waals surface area contributed by atoms with Crippen LogP contribution in [0.2, 0.25) is 0 Å². The molecule has 0 unspecified atom stereocenters. The number of hydrogen-bond acceptors (Lipinski definition) is 5. The Kier molecular flexibility index (Phi) is 7.34. The minimum Gasteiger partial charge on any atom is -0.474 e. The van der Waals surface area contributed by atoms with Crippen molar-refractivity contribution in [3.05, 3.63) is 78.5 Å². The summed E-state index contributed by atoms with van der Waals surface area (Å²) in [4.78, 5) is 28.7. The van der Waals surface area contributed by atoms with Crippen LogP contribution in [0.4, 0.5) is 21.9 Å². The SMILES string of the molecule is COCCOc1ncccc1NC(=O)c1ccc(NC(=O)Nc2ccccc2)cc1. The van der Waals surface area contributed by atoms with Crippen LogP contribution in [0.3, 0.4) is 0 Å². The Morgan fingerprint density at radius 2 is 1.53 bits per heavy atom. The van der Waals surface area contributed by atoms with E-state index in [2.05, 4.69) is 20.9 Å². The number of aromatic nitrogens is 1. The van der Waals surface area contributed by atoms with Crippen molar-refractivity contribution in [1.82, 2.24) is 4.98 Å². The van der Waals surface area contributed by atoms with Crippen LogP contribution in [0.15, 0.2) is 72.9 Å². The monoisotopic (exact) mass is 406 g/mol. The topological polar surface area (TPSA) is 102 Å². The maximum Gasteiger partial charge on any atom is 0.323 e. The first kappa shape index (κ1) is 20.8. The Hall–Kier alpha value is -3.91. The minimum absolute atomic E-state index is 0.318. The van der Waals surface area contributed by atoms with Gasteiger partial charge in [-0.2, -0.15) is 0 Å². The van der Waals surface area contributed by atoms with Gasteiger partial charge in [0.2, 0.25) is 5.88 Å². The van der Waals surface area contributed by atoms with E-state index in [1.165, 1.54) is 0 Å². The highest BCUT2D eigenvalue weighted by atomic mass is 16.5. The van der Waals surface area contributed by atoms with Gasteiger partial charge in [0, 0.05) is 30.2 Å². The van der Waals surface area contributed by atoms with Gasteiger partial charge >= 0.3 is 6.03 Å². The van der Waals surface area contributed by atoms with Crippen molar-refractivity contribution in [2.24, 2.45) is 0 Å². The minimum atomic E-state index is -0.369. The highest BCUT2D eigenvalue weighted by molar-refractivity contribution is 6.05. The molecule has 0 radical (unpaired) electrons. The Bertz CT molecular complexity index is 978. The van der Waals surface area contributed by atoms with Crippen molar-refractivity contribution in [3.8, 4) is 5.88 Å². The maximum absolute atomic E-state index is 12.6. The zero-order valence-electron chi connectivity index (χ0n) is 16.4. The lowest BCUT2D eigenvalue weighted by molar-refractivity contribution is 0.102. The summed E-state index contributed by atoms with van der Waals surface area (Å²) in [6, 6.07) is 18.7. The second kappa shape index (κ2) is 10.6. The third kappa shape index (κ3) is 6.05. The Morgan fingerprint density at radius 1 is 0.833 bits per heavy atom. The Morgan fingerprint density at radius 3 is 2.23 bits per heavy atom. The van der Waals surface area contributed by atoms with E-state index in [1.807, 2.05) is 18.2 Å². The summed E-state index contributed by atoms with van der Waals surface area (Å²) in [7, 11) is 1.58. The zero-order chi connectivity index (χ0) is 21.2. The first-order chi connectivity index (χ1) is 14.7. The largest absolute Gasteiger partial charge is 0.474 e. The molecule has 0 spiro atoms. The molecular formula is C22H22N4O4. The molecule has 2 aromatic carbocycles. The summed E-state index contributed by atoms with van der Waals surface area (Å²) >= 11 is 0. The van der Waals surface area contributed by atoms with Gasteiger partial charge in [-0.15, -0.1) is 0 Å². The summed E-state index contributed by atoms with van der Waals surface area (Å²) in [6.45, 7) is 0.734. The van der Waals surface area contributed by atoms with E-state index in [0.717, 1.165) is 0 Å². The van der Waals surface area contributed by atoms with Crippen molar-refractivity contribution in [3.63, 3.8) is 0 Å². The molecule has 0 fully saturated rings. The maximum atomic E-state index is 12.6. The molecule has 154 valence electrons. The number of pyridine rings is 1. The van der Waals surface area contributed by atoms with Crippen molar-refractivity contribution in [2.45, 2.75) is 0 Å². The molecule has 3 N–H and O–H groups in total. The zero-order valence-corrected chi connectivity index (χ0v) is 16.4. The van der Waals surface area contributed by atoms with Crippen LogP contribution in [0.1, 0.15) is 10.4 Å². The van der Waals surface area contributed by atoms with Gasteiger partial charge in [0.15, 0.2) is 0 Å². The number of anilines is 3. The highest BCUT2D eigenvalue weighted by Gasteiger charge is 2.11. The number of hydrogen-bond donors (Lipinski definition) is 3. The van der Waals surface area contributed by atoms with Crippen molar-refractivity contribution < 1.29 is 19.1 Å². The fourth-order valence-corrected chi connectivity index (χ4v) is 2.54. The van der Waals surface area contributed by atoms with Gasteiger partial charge < -0.3 is 25.4 Å². The predicted octanol–water partition coefficient (Wildman–Crippen LogP) is 4.00. The molecule has 0 saturated carbocycles. The molecule has 30 heavy (non-hydrogen) atoms. The number of rotatable bonds is 8. The smallest absolute Gasteiger partial charge is 0.323 e. The Labute approximate surface area is 174 Å². The number of methoxy groups -OCH3 is 1. The van der Waals surface area contributed by atoms with Crippen molar-refractivity contribution in [2.75, 3.05) is 36.3 Å². The van der Waals surface area contributed by atoms with Gasteiger partial charge in [-0.05, 0) is 48.5 Å². The van der Waals surface area contributed by atoms with E-state index < -0.39 is 0 Å². The molecule has 8 nitrogen and oxygen atoms in total. The molecule has 3 amide bonds. The number of ether oxygens (including phenoxy) is 2. The molecule has 3 rings (SSSR count). The molecule has 0 bridgehead atoms. The molecule has 0 saturated heterocycles. The van der Waals surface area contributed by atoms with Gasteiger partial charge in [0.1, 0.15) is 12.3 Å². The molecule has 0 aliphatic heterocycles. The average Bonchev–Trinajstić information content (AvgIpc) is 2.76. The third-order valence-electron chi connectivity index (χ3n) is 3.98. The van der Waals surface area contributed by atoms with Gasteiger partial charge in [0.05, 0.1) is 6.61 Å². The summed E-state index contributed by atoms with van der Waals surface area (Å²) in [5.74, 6) is -0.00125. The Balaban J connectivity index is 1.58. The van der Waals surface area contributed by atoms with E-state index in [0.29, 0.717) is 41.7 Å². The van der Waals surface area contributed by atoms with Gasteiger partial charge in [0.25, 0.3) is 5.91 Å². The van der Waals surface area contributed by atoms with Crippen LogP contribution in [0.5, 0.6) is 5.88 Å². The van der Waals surface area contributed by atoms with Crippen LogP contribution in [-0.4, -0.2) is 37.2 Å². The summed E-state index contributed by atoms with van der Waals surface area (Å²) in [5, 5.41) is 8.23. The number of amides is 3. The standard InChI is InChI=1S/C22H22N4O4/c1-29-14-15-30-21-19(8-5-13-23-21)26-20(27)16-9-11-18(12-10-16)25-22(28)24-17-6-3-2-4-7-17/h2-13H,14-15H2,1H3,(H,26,27)(H2,24,25,28). The molecule has 1 heterocycles. The molecule has 0 aliphatic carbocycles. The average molecular weight is 406 g/mol. The number of carbonyl (C=O) groups is 2. The van der Waals surface area contributed by atoms with Gasteiger partial charge in [-0.3, -0.25) is 4.79 Å². The van der Waals surface area contributed by atoms with Crippen LogP contribution >= 0.6 is 0 Å². The number of urea groups is 1. The third-order valence-corrected chi connectivity index (χ3v) is 3.98. The van der Waals surface area contributed by atoms with Gasteiger partial charge in [-0.1, -0.05) is 18.2 Å². The van der Waals surface area contributed by atoms with E-state index in [9.17, 15) is 9.59 Å². The van der Waals surface area contributed by atoms with Crippen molar-refractivity contribution in [1.29, 1.82) is 0 Å². The second-order valence-electron chi connectivity index (χ2n) is 6.17. The van der Waals surface area contributed by atoms with Crippen LogP contribution in [-0.2, 0) is 4.74 Å². The summed E-state index contributed by atoms with van der Waals surface area (Å²) in [6.07, 6.45) is 1.58. The lowest BCUT2D eigenvalue weighted by Gasteiger charge is -2.11. The second-order valence-corrected chi connectivity index (χ2v) is 6.17. The van der Waals surface area contributed by atoms with E-state index >= 15 is 0 Å². The van der Waals surface area contributed by atoms with E-state index in [1.54, 1.807) is 61.8 Å². The van der Waals surface area contributed by atoms with E-state index in [4.69, 9.17) is 9.47 Å². The van der Waals surface area contributed by atoms with Crippen molar-refractivity contribution >= 4 is 29.0 Å². The number of nitrogens with zero attached hydrogens (tertiary/aromatic N) is 1.